The Bertz CT molecular complexity index is 738. The Kier molecular flexibility index (Phi) is 9.74. The summed E-state index contributed by atoms with van der Waals surface area (Å²) in [6, 6.07) is 0. The van der Waals surface area contributed by atoms with E-state index >= 15 is 0 Å². The lowest BCUT2D eigenvalue weighted by Crippen LogP contribution is -2.35. The molecule has 0 aromatic heterocycles. The maximum Gasteiger partial charge on any atom is 0.0841 e. The Hall–Kier alpha value is -0.590. The van der Waals surface area contributed by atoms with Gasteiger partial charge in [-0.1, -0.05) is 55.7 Å². The van der Waals surface area contributed by atoms with Crippen molar-refractivity contribution in [1.29, 1.82) is 0 Å². The Morgan fingerprint density at radius 1 is 1.27 bits per heavy atom. The molecule has 0 radical (unpaired) electrons. The number of fused-ring (bicyclic) bond motifs is 1. The molecule has 188 valence electrons. The first-order chi connectivity index (χ1) is 15.8. The van der Waals surface area contributed by atoms with Crippen molar-refractivity contribution in [3.05, 3.63) is 34.9 Å². The fourth-order valence-electron chi connectivity index (χ4n) is 6.10. The fraction of sp³-hybridized carbons (Fsp3) is 0.786. The summed E-state index contributed by atoms with van der Waals surface area (Å²) < 4.78 is 5.58. The molecular weight excluding hydrogens is 432 g/mol. The van der Waals surface area contributed by atoms with Crippen molar-refractivity contribution in [1.82, 2.24) is 0 Å². The first-order valence-electron chi connectivity index (χ1n) is 13.1. The fourth-order valence-corrected chi connectivity index (χ4v) is 7.62. The molecule has 2 unspecified atom stereocenters. The van der Waals surface area contributed by atoms with E-state index in [0.29, 0.717) is 24.2 Å². The van der Waals surface area contributed by atoms with E-state index < -0.39 is 11.7 Å². The van der Waals surface area contributed by atoms with E-state index in [1.807, 2.05) is 11.8 Å². The van der Waals surface area contributed by atoms with Crippen LogP contribution in [-0.4, -0.2) is 57.3 Å². The summed E-state index contributed by atoms with van der Waals surface area (Å²) in [7, 11) is 0. The molecular formula is C28H46O4S. The van der Waals surface area contributed by atoms with Gasteiger partial charge in [0.15, 0.2) is 0 Å². The summed E-state index contributed by atoms with van der Waals surface area (Å²) in [5.41, 5.74) is 4.13. The van der Waals surface area contributed by atoms with Crippen LogP contribution in [0.15, 0.2) is 34.9 Å². The molecule has 3 aliphatic carbocycles. The molecule has 4 nitrogen and oxygen atoms in total. The second-order valence-corrected chi connectivity index (χ2v) is 11.9. The Labute approximate surface area is 205 Å². The lowest BCUT2D eigenvalue weighted by molar-refractivity contribution is -0.0582. The third kappa shape index (κ3) is 6.35. The summed E-state index contributed by atoms with van der Waals surface area (Å²) in [5.74, 6) is 1.38. The summed E-state index contributed by atoms with van der Waals surface area (Å²) in [6.07, 6.45) is 15.3. The maximum absolute atomic E-state index is 10.7. The highest BCUT2D eigenvalue weighted by atomic mass is 32.2. The molecule has 2 fully saturated rings. The number of aliphatic hydroxyl groups excluding tert-OH is 2. The minimum absolute atomic E-state index is 0.00337. The van der Waals surface area contributed by atoms with Gasteiger partial charge in [0.1, 0.15) is 0 Å². The highest BCUT2D eigenvalue weighted by molar-refractivity contribution is 8.00. The lowest BCUT2D eigenvalue weighted by atomic mass is 9.64. The summed E-state index contributed by atoms with van der Waals surface area (Å²) >= 11 is 1.92. The molecule has 5 atom stereocenters. The molecule has 0 bridgehead atoms. The van der Waals surface area contributed by atoms with Gasteiger partial charge in [0.2, 0.25) is 0 Å². The monoisotopic (exact) mass is 478 g/mol. The number of aliphatic hydroxyl groups is 3. The summed E-state index contributed by atoms with van der Waals surface area (Å²) in [6.45, 7) is 9.26. The van der Waals surface area contributed by atoms with E-state index in [-0.39, 0.29) is 18.1 Å². The van der Waals surface area contributed by atoms with Gasteiger partial charge in [0.25, 0.3) is 0 Å². The van der Waals surface area contributed by atoms with Crippen LogP contribution in [0.3, 0.4) is 0 Å². The van der Waals surface area contributed by atoms with Crippen LogP contribution in [0.25, 0.3) is 0 Å². The molecule has 3 aliphatic rings. The third-order valence-corrected chi connectivity index (χ3v) is 10.0. The second kappa shape index (κ2) is 11.9. The first kappa shape index (κ1) is 27.0. The van der Waals surface area contributed by atoms with Crippen LogP contribution < -0.4 is 0 Å². The van der Waals surface area contributed by atoms with Gasteiger partial charge in [-0.05, 0) is 76.0 Å². The van der Waals surface area contributed by atoms with Gasteiger partial charge in [0, 0.05) is 11.0 Å². The molecule has 0 saturated heterocycles. The zero-order valence-electron chi connectivity index (χ0n) is 21.2. The van der Waals surface area contributed by atoms with Crippen LogP contribution in [0, 0.1) is 11.3 Å². The molecule has 0 aromatic carbocycles. The van der Waals surface area contributed by atoms with Crippen LogP contribution in [0.4, 0.5) is 0 Å². The lowest BCUT2D eigenvalue weighted by Gasteiger charge is -2.42. The number of rotatable bonds is 10. The van der Waals surface area contributed by atoms with Crippen molar-refractivity contribution < 1.29 is 20.1 Å². The highest BCUT2D eigenvalue weighted by Crippen LogP contribution is 2.57. The maximum atomic E-state index is 10.7. The molecule has 2 saturated carbocycles. The third-order valence-electron chi connectivity index (χ3n) is 8.57. The van der Waals surface area contributed by atoms with Crippen LogP contribution in [-0.2, 0) is 4.74 Å². The van der Waals surface area contributed by atoms with Gasteiger partial charge in [-0.15, -0.1) is 0 Å². The van der Waals surface area contributed by atoms with Crippen molar-refractivity contribution in [2.75, 3.05) is 19.0 Å². The van der Waals surface area contributed by atoms with Crippen LogP contribution in [0.5, 0.6) is 0 Å². The standard InChI is InChI=1S/C28H46O4S/c1-5-28(31,6-2)19-33-20(3)23-12-13-24-22(8-7-15-27(23,24)4)11-9-21-10-14-26(25(30)18-21)32-17-16-29/h9,11-12,20,24-26,29-31H,5-8,10,13-19H2,1-4H3/b21-9-,22-11+/t20-,24?,25-,26+,27?/m1/s1. The zero-order chi connectivity index (χ0) is 24.1. The van der Waals surface area contributed by atoms with Crippen molar-refractivity contribution in [3.63, 3.8) is 0 Å². The summed E-state index contributed by atoms with van der Waals surface area (Å²) in [5, 5.41) is 30.6. The topological polar surface area (TPSA) is 69.9 Å². The molecule has 0 amide bonds. The van der Waals surface area contributed by atoms with Crippen LogP contribution >= 0.6 is 11.8 Å². The van der Waals surface area contributed by atoms with Gasteiger partial charge in [-0.3, -0.25) is 0 Å². The number of ether oxygens (including phenoxy) is 1. The van der Waals surface area contributed by atoms with Crippen LogP contribution in [0.1, 0.15) is 85.5 Å². The van der Waals surface area contributed by atoms with Crippen molar-refractivity contribution in [2.45, 2.75) is 109 Å². The first-order valence-corrected chi connectivity index (χ1v) is 14.1. The molecule has 0 aliphatic heterocycles. The molecule has 33 heavy (non-hydrogen) atoms. The van der Waals surface area contributed by atoms with Gasteiger partial charge in [-0.2, -0.15) is 11.8 Å². The molecule has 3 rings (SSSR count). The average molecular weight is 479 g/mol. The van der Waals surface area contributed by atoms with Crippen molar-refractivity contribution in [2.24, 2.45) is 11.3 Å². The minimum Gasteiger partial charge on any atom is -0.394 e. The molecule has 0 heterocycles. The molecule has 0 aromatic rings. The normalized spacial score (nSPS) is 33.9. The number of hydrogen-bond acceptors (Lipinski definition) is 5. The molecule has 3 N–H and O–H groups in total. The zero-order valence-corrected chi connectivity index (χ0v) is 22.0. The number of hydrogen-bond donors (Lipinski definition) is 3. The summed E-state index contributed by atoms with van der Waals surface area (Å²) in [4.78, 5) is 0. The largest absolute Gasteiger partial charge is 0.394 e. The Balaban J connectivity index is 1.64. The number of allylic oxidation sites excluding steroid dienone is 4. The van der Waals surface area contributed by atoms with Gasteiger partial charge in [-0.25, -0.2) is 0 Å². The predicted octanol–water partition coefficient (Wildman–Crippen LogP) is 5.57. The van der Waals surface area contributed by atoms with E-state index in [2.05, 4.69) is 45.9 Å². The van der Waals surface area contributed by atoms with E-state index in [1.165, 1.54) is 24.8 Å². The van der Waals surface area contributed by atoms with Crippen LogP contribution in [0.2, 0.25) is 0 Å². The van der Waals surface area contributed by atoms with Crippen molar-refractivity contribution in [3.8, 4) is 0 Å². The molecule has 0 spiro atoms. The van der Waals surface area contributed by atoms with E-state index in [4.69, 9.17) is 9.84 Å². The van der Waals surface area contributed by atoms with Crippen molar-refractivity contribution >= 4 is 11.8 Å². The Morgan fingerprint density at radius 3 is 2.70 bits per heavy atom. The predicted molar refractivity (Wildman–Crippen MR) is 138 cm³/mol. The van der Waals surface area contributed by atoms with Gasteiger partial charge < -0.3 is 20.1 Å². The van der Waals surface area contributed by atoms with Gasteiger partial charge in [0.05, 0.1) is 31.0 Å². The van der Waals surface area contributed by atoms with E-state index in [0.717, 1.165) is 37.9 Å². The smallest absolute Gasteiger partial charge is 0.0841 e. The highest BCUT2D eigenvalue weighted by Gasteiger charge is 2.46. The quantitative estimate of drug-likeness (QED) is 0.358. The van der Waals surface area contributed by atoms with E-state index in [1.54, 1.807) is 11.1 Å². The molecule has 5 heteroatoms. The Morgan fingerprint density at radius 2 is 2.03 bits per heavy atom. The van der Waals surface area contributed by atoms with E-state index in [9.17, 15) is 10.2 Å². The second-order valence-electron chi connectivity index (χ2n) is 10.6. The van der Waals surface area contributed by atoms with Gasteiger partial charge >= 0.3 is 0 Å². The minimum atomic E-state index is -0.547. The average Bonchev–Trinajstić information content (AvgIpc) is 3.18. The number of thioether (sulfide) groups is 1. The SMILES string of the molecule is CCC(O)(CC)CS[C@H](C)C1=CCC2/C(=C/C=C3/CC[C@H](OCCO)[C@H](O)C3)CCCC12C.